The Morgan fingerprint density at radius 1 is 1.03 bits per heavy atom. The fourth-order valence-corrected chi connectivity index (χ4v) is 3.16. The molecular formula is C20H15F2N5O3. The highest BCUT2D eigenvalue weighted by molar-refractivity contribution is 6.08. The van der Waals surface area contributed by atoms with Crippen molar-refractivity contribution in [1.29, 1.82) is 0 Å². The maximum atomic E-state index is 14.1. The molecule has 0 atom stereocenters. The number of aryl methyl sites for hydroxylation is 1. The monoisotopic (exact) mass is 411 g/mol. The van der Waals surface area contributed by atoms with E-state index in [4.69, 9.17) is 0 Å². The summed E-state index contributed by atoms with van der Waals surface area (Å²) in [6.45, 7) is 1.78. The molecule has 0 radical (unpaired) electrons. The minimum Gasteiger partial charge on any atom is -0.354 e. The lowest BCUT2D eigenvalue weighted by atomic mass is 10.1. The Hall–Kier alpha value is -4.08. The predicted molar refractivity (Wildman–Crippen MR) is 105 cm³/mol. The van der Waals surface area contributed by atoms with E-state index < -0.39 is 28.9 Å². The molecule has 2 heterocycles. The summed E-state index contributed by atoms with van der Waals surface area (Å²) in [5.41, 5.74) is 5.23. The van der Waals surface area contributed by atoms with Gasteiger partial charge < -0.3 is 4.98 Å². The summed E-state index contributed by atoms with van der Waals surface area (Å²) in [6.07, 6.45) is -0.0818. The van der Waals surface area contributed by atoms with Gasteiger partial charge in [0.05, 0.1) is 23.2 Å². The maximum absolute atomic E-state index is 14.1. The summed E-state index contributed by atoms with van der Waals surface area (Å²) in [5.74, 6) is -2.81. The molecule has 0 unspecified atom stereocenters. The Labute approximate surface area is 167 Å². The van der Waals surface area contributed by atoms with Gasteiger partial charge in [-0.3, -0.25) is 30.3 Å². The maximum Gasteiger partial charge on any atom is 0.271 e. The zero-order valence-electron chi connectivity index (χ0n) is 15.6. The number of carbonyl (C=O) groups is 2. The van der Waals surface area contributed by atoms with E-state index in [0.29, 0.717) is 5.69 Å². The number of aromatic amines is 2. The lowest BCUT2D eigenvalue weighted by Gasteiger charge is -2.10. The minimum atomic E-state index is -0.830. The van der Waals surface area contributed by atoms with Crippen LogP contribution in [0.1, 0.15) is 21.7 Å². The first kappa shape index (κ1) is 19.2. The first-order valence-corrected chi connectivity index (χ1v) is 8.86. The van der Waals surface area contributed by atoms with Gasteiger partial charge in [0, 0.05) is 22.0 Å². The van der Waals surface area contributed by atoms with E-state index in [9.17, 15) is 23.2 Å². The first-order chi connectivity index (χ1) is 14.3. The van der Waals surface area contributed by atoms with Crippen LogP contribution in [0.25, 0.3) is 21.8 Å². The molecule has 2 amide bonds. The van der Waals surface area contributed by atoms with Crippen molar-refractivity contribution in [3.05, 3.63) is 75.2 Å². The average Bonchev–Trinajstić information content (AvgIpc) is 3.11. The van der Waals surface area contributed by atoms with Crippen LogP contribution in [0.5, 0.6) is 0 Å². The van der Waals surface area contributed by atoms with Gasteiger partial charge in [0.15, 0.2) is 5.43 Å². The number of pyridine rings is 1. The second-order valence-corrected chi connectivity index (χ2v) is 6.74. The van der Waals surface area contributed by atoms with Crippen molar-refractivity contribution < 1.29 is 18.4 Å². The molecule has 2 aromatic carbocycles. The molecule has 0 saturated heterocycles. The Balaban J connectivity index is 1.65. The van der Waals surface area contributed by atoms with Gasteiger partial charge in [0.2, 0.25) is 5.91 Å². The number of nitrogens with zero attached hydrogens (tertiary/aromatic N) is 1. The van der Waals surface area contributed by atoms with E-state index in [2.05, 4.69) is 26.0 Å². The third-order valence-electron chi connectivity index (χ3n) is 4.49. The fraction of sp³-hybridized carbons (Fsp3) is 0.100. The van der Waals surface area contributed by atoms with E-state index in [1.807, 2.05) is 0 Å². The summed E-state index contributed by atoms with van der Waals surface area (Å²) in [7, 11) is 0. The number of halogens is 2. The SMILES string of the molecule is Cc1cc(CC(=O)NNC(=O)c2cc(F)cc3c(=O)c4cc(F)ccc4[nH]c23)n[nH]1. The second kappa shape index (κ2) is 7.39. The number of H-pyrrole nitrogens is 2. The van der Waals surface area contributed by atoms with E-state index in [0.717, 1.165) is 30.0 Å². The summed E-state index contributed by atoms with van der Waals surface area (Å²) in [5, 5.41) is 6.54. The van der Waals surface area contributed by atoms with Gasteiger partial charge in [0.1, 0.15) is 11.6 Å². The van der Waals surface area contributed by atoms with Crippen molar-refractivity contribution in [3.63, 3.8) is 0 Å². The topological polar surface area (TPSA) is 120 Å². The van der Waals surface area contributed by atoms with Gasteiger partial charge in [0.25, 0.3) is 5.91 Å². The molecule has 0 saturated carbocycles. The molecule has 4 aromatic rings. The van der Waals surface area contributed by atoms with Crippen molar-refractivity contribution in [3.8, 4) is 0 Å². The molecule has 2 aromatic heterocycles. The van der Waals surface area contributed by atoms with E-state index >= 15 is 0 Å². The first-order valence-electron chi connectivity index (χ1n) is 8.86. The largest absolute Gasteiger partial charge is 0.354 e. The van der Waals surface area contributed by atoms with Gasteiger partial charge in [-0.05, 0) is 43.3 Å². The average molecular weight is 411 g/mol. The van der Waals surface area contributed by atoms with Crippen LogP contribution in [0.3, 0.4) is 0 Å². The Bertz CT molecular complexity index is 1380. The third-order valence-corrected chi connectivity index (χ3v) is 4.49. The zero-order chi connectivity index (χ0) is 21.4. The van der Waals surface area contributed by atoms with Crippen LogP contribution in [0, 0.1) is 18.6 Å². The van der Waals surface area contributed by atoms with E-state index in [1.54, 1.807) is 13.0 Å². The van der Waals surface area contributed by atoms with Gasteiger partial charge in [-0.1, -0.05) is 0 Å². The van der Waals surface area contributed by atoms with Crippen LogP contribution in [0.2, 0.25) is 0 Å². The number of nitrogens with one attached hydrogen (secondary N) is 4. The molecule has 8 nitrogen and oxygen atoms in total. The number of hydrogen-bond donors (Lipinski definition) is 4. The van der Waals surface area contributed by atoms with E-state index in [1.165, 1.54) is 6.07 Å². The van der Waals surface area contributed by atoms with Gasteiger partial charge in [-0.25, -0.2) is 8.78 Å². The molecule has 0 aliphatic carbocycles. The predicted octanol–water partition coefficient (Wildman–Crippen LogP) is 1.99. The zero-order valence-corrected chi connectivity index (χ0v) is 15.6. The van der Waals surface area contributed by atoms with Gasteiger partial charge in [-0.15, -0.1) is 0 Å². The minimum absolute atomic E-state index is 0.0297. The highest BCUT2D eigenvalue weighted by atomic mass is 19.1. The van der Waals surface area contributed by atoms with Crippen molar-refractivity contribution in [2.24, 2.45) is 0 Å². The second-order valence-electron chi connectivity index (χ2n) is 6.74. The number of amides is 2. The van der Waals surface area contributed by atoms with Gasteiger partial charge in [-0.2, -0.15) is 5.10 Å². The molecule has 10 heteroatoms. The Morgan fingerprint density at radius 2 is 1.80 bits per heavy atom. The molecule has 4 N–H and O–H groups in total. The molecule has 4 rings (SSSR count). The summed E-state index contributed by atoms with van der Waals surface area (Å²) in [4.78, 5) is 40.1. The quantitative estimate of drug-likeness (QED) is 0.304. The van der Waals surface area contributed by atoms with Crippen molar-refractivity contribution in [2.75, 3.05) is 0 Å². The van der Waals surface area contributed by atoms with E-state index in [-0.39, 0.29) is 33.8 Å². The highest BCUT2D eigenvalue weighted by Crippen LogP contribution is 2.20. The molecule has 0 spiro atoms. The number of carbonyl (C=O) groups excluding carboxylic acids is 2. The normalized spacial score (nSPS) is 11.0. The lowest BCUT2D eigenvalue weighted by molar-refractivity contribution is -0.121. The van der Waals surface area contributed by atoms with Crippen LogP contribution < -0.4 is 16.3 Å². The lowest BCUT2D eigenvalue weighted by Crippen LogP contribution is -2.42. The highest BCUT2D eigenvalue weighted by Gasteiger charge is 2.17. The van der Waals surface area contributed by atoms with Crippen LogP contribution in [0.4, 0.5) is 8.78 Å². The standard InChI is InChI=1S/C20H15F2N5O3/c1-9-4-12(25-24-9)8-17(28)26-27-20(30)15-7-11(22)6-14-18(15)23-16-3-2-10(21)5-13(16)19(14)29/h2-7H,8H2,1H3,(H,23,29)(H,24,25)(H,26,28)(H,27,30). The summed E-state index contributed by atoms with van der Waals surface area (Å²) < 4.78 is 27.6. The molecule has 0 aliphatic heterocycles. The number of hydrogen-bond acceptors (Lipinski definition) is 4. The Kier molecular flexibility index (Phi) is 4.74. The molecule has 30 heavy (non-hydrogen) atoms. The molecule has 152 valence electrons. The number of benzene rings is 2. The number of rotatable bonds is 3. The van der Waals surface area contributed by atoms with Crippen LogP contribution in [-0.2, 0) is 11.2 Å². The van der Waals surface area contributed by atoms with Crippen molar-refractivity contribution in [2.45, 2.75) is 13.3 Å². The van der Waals surface area contributed by atoms with Crippen LogP contribution >= 0.6 is 0 Å². The number of hydrazine groups is 1. The van der Waals surface area contributed by atoms with Crippen LogP contribution in [0.15, 0.2) is 41.2 Å². The molecule has 0 aliphatic rings. The molecule has 0 fully saturated rings. The summed E-state index contributed by atoms with van der Waals surface area (Å²) >= 11 is 0. The van der Waals surface area contributed by atoms with Crippen molar-refractivity contribution in [1.82, 2.24) is 26.0 Å². The van der Waals surface area contributed by atoms with Crippen molar-refractivity contribution >= 4 is 33.6 Å². The third kappa shape index (κ3) is 3.62. The summed E-state index contributed by atoms with van der Waals surface area (Å²) in [6, 6.07) is 7.13. The molecular weight excluding hydrogens is 396 g/mol. The fourth-order valence-electron chi connectivity index (χ4n) is 3.16. The Morgan fingerprint density at radius 3 is 2.53 bits per heavy atom. The number of fused-ring (bicyclic) bond motifs is 2. The molecule has 0 bridgehead atoms. The van der Waals surface area contributed by atoms with Gasteiger partial charge >= 0.3 is 0 Å². The van der Waals surface area contributed by atoms with Crippen LogP contribution in [-0.4, -0.2) is 27.0 Å². The smallest absolute Gasteiger partial charge is 0.271 e. The number of aromatic nitrogens is 3.